The summed E-state index contributed by atoms with van der Waals surface area (Å²) in [6.45, 7) is 2.11. The van der Waals surface area contributed by atoms with E-state index in [0.717, 1.165) is 10.1 Å². The molecule has 1 aromatic heterocycles. The lowest BCUT2D eigenvalue weighted by molar-refractivity contribution is 0.517. The van der Waals surface area contributed by atoms with Gasteiger partial charge in [-0.1, -0.05) is 48.4 Å². The van der Waals surface area contributed by atoms with E-state index in [1.807, 2.05) is 18.1 Å². The fourth-order valence-electron chi connectivity index (χ4n) is 2.66. The molecule has 20 heavy (non-hydrogen) atoms. The zero-order valence-electron chi connectivity index (χ0n) is 12.0. The standard InChI is InChI=1S/C15H20N4S/c1-11-7-3-6-10-13(11)14-16-17-15(20-14)19(2)18-12-8-4-5-9-12/h3,6-7,10,12,18H,4-5,8-9H2,1-2H3. The summed E-state index contributed by atoms with van der Waals surface area (Å²) in [4.78, 5) is 0. The van der Waals surface area contributed by atoms with E-state index in [9.17, 15) is 0 Å². The second kappa shape index (κ2) is 5.89. The number of aromatic nitrogens is 2. The number of nitrogens with one attached hydrogen (secondary N) is 1. The number of anilines is 1. The van der Waals surface area contributed by atoms with Crippen LogP contribution in [0.25, 0.3) is 10.6 Å². The number of benzene rings is 1. The molecule has 2 aromatic rings. The molecule has 1 N–H and O–H groups in total. The quantitative estimate of drug-likeness (QED) is 0.876. The number of hydrogen-bond acceptors (Lipinski definition) is 5. The summed E-state index contributed by atoms with van der Waals surface area (Å²) >= 11 is 1.63. The fourth-order valence-corrected chi connectivity index (χ4v) is 3.52. The van der Waals surface area contributed by atoms with Crippen molar-refractivity contribution in [3.63, 3.8) is 0 Å². The van der Waals surface area contributed by atoms with E-state index in [4.69, 9.17) is 0 Å². The first-order valence-corrected chi connectivity index (χ1v) is 7.95. The number of aryl methyl sites for hydroxylation is 1. The molecule has 1 saturated carbocycles. The Kier molecular flexibility index (Phi) is 3.98. The minimum atomic E-state index is 0.589. The van der Waals surface area contributed by atoms with Crippen molar-refractivity contribution in [2.45, 2.75) is 38.6 Å². The van der Waals surface area contributed by atoms with Gasteiger partial charge >= 0.3 is 0 Å². The summed E-state index contributed by atoms with van der Waals surface area (Å²) in [7, 11) is 2.03. The van der Waals surface area contributed by atoms with E-state index in [1.165, 1.54) is 36.8 Å². The lowest BCUT2D eigenvalue weighted by Crippen LogP contribution is -2.41. The van der Waals surface area contributed by atoms with E-state index < -0.39 is 0 Å². The minimum Gasteiger partial charge on any atom is -0.285 e. The van der Waals surface area contributed by atoms with Gasteiger partial charge in [-0.25, -0.2) is 5.43 Å². The average molecular weight is 288 g/mol. The summed E-state index contributed by atoms with van der Waals surface area (Å²) in [6, 6.07) is 8.89. The highest BCUT2D eigenvalue weighted by Crippen LogP contribution is 2.30. The normalized spacial score (nSPS) is 15.7. The van der Waals surface area contributed by atoms with Gasteiger partial charge in [-0.05, 0) is 25.3 Å². The van der Waals surface area contributed by atoms with Gasteiger partial charge in [-0.15, -0.1) is 10.2 Å². The topological polar surface area (TPSA) is 41.1 Å². The maximum Gasteiger partial charge on any atom is 0.222 e. The van der Waals surface area contributed by atoms with Gasteiger partial charge in [-0.2, -0.15) is 0 Å². The summed E-state index contributed by atoms with van der Waals surface area (Å²) in [6.07, 6.45) is 5.17. The Hall–Kier alpha value is -1.46. The lowest BCUT2D eigenvalue weighted by atomic mass is 10.1. The molecule has 0 spiro atoms. The number of hydrazine groups is 1. The first kappa shape index (κ1) is 13.5. The number of hydrogen-bond donors (Lipinski definition) is 1. The van der Waals surface area contributed by atoms with Crippen LogP contribution in [0.15, 0.2) is 24.3 Å². The summed E-state index contributed by atoms with van der Waals surface area (Å²) in [5.41, 5.74) is 5.93. The molecule has 3 rings (SSSR count). The Morgan fingerprint density at radius 1 is 1.20 bits per heavy atom. The van der Waals surface area contributed by atoms with Gasteiger partial charge in [-0.3, -0.25) is 5.01 Å². The molecule has 0 saturated heterocycles. The number of rotatable bonds is 4. The van der Waals surface area contributed by atoms with Crippen molar-refractivity contribution < 1.29 is 0 Å². The van der Waals surface area contributed by atoms with E-state index in [-0.39, 0.29) is 0 Å². The third-order valence-electron chi connectivity index (χ3n) is 3.81. The van der Waals surface area contributed by atoms with Crippen molar-refractivity contribution in [1.82, 2.24) is 15.6 Å². The molecule has 1 fully saturated rings. The molecular formula is C15H20N4S. The van der Waals surface area contributed by atoms with Gasteiger partial charge in [0.15, 0.2) is 0 Å². The molecule has 5 heteroatoms. The van der Waals surface area contributed by atoms with Crippen LogP contribution in [0.5, 0.6) is 0 Å². The largest absolute Gasteiger partial charge is 0.285 e. The summed E-state index contributed by atoms with van der Waals surface area (Å²) < 4.78 is 0. The van der Waals surface area contributed by atoms with Crippen LogP contribution < -0.4 is 10.4 Å². The monoisotopic (exact) mass is 288 g/mol. The SMILES string of the molecule is Cc1ccccc1-c1nnc(N(C)NC2CCCC2)s1. The van der Waals surface area contributed by atoms with Crippen molar-refractivity contribution in [3.05, 3.63) is 29.8 Å². The highest BCUT2D eigenvalue weighted by molar-refractivity contribution is 7.18. The van der Waals surface area contributed by atoms with E-state index in [1.54, 1.807) is 11.3 Å². The molecule has 0 atom stereocenters. The second-order valence-corrected chi connectivity index (χ2v) is 6.33. The molecule has 1 aliphatic carbocycles. The first-order chi connectivity index (χ1) is 9.74. The molecule has 1 aliphatic rings. The van der Waals surface area contributed by atoms with E-state index in [2.05, 4.69) is 40.7 Å². The molecule has 0 aliphatic heterocycles. The zero-order valence-corrected chi connectivity index (χ0v) is 12.8. The number of nitrogens with zero attached hydrogens (tertiary/aromatic N) is 3. The van der Waals surface area contributed by atoms with Crippen LogP contribution in [-0.2, 0) is 0 Å². The Bertz CT molecular complexity index is 575. The predicted octanol–water partition coefficient (Wildman–Crippen LogP) is 3.40. The molecule has 106 valence electrons. The van der Waals surface area contributed by atoms with Crippen molar-refractivity contribution in [3.8, 4) is 10.6 Å². The van der Waals surface area contributed by atoms with Gasteiger partial charge in [0.1, 0.15) is 5.01 Å². The highest BCUT2D eigenvalue weighted by Gasteiger charge is 2.18. The Morgan fingerprint density at radius 3 is 2.70 bits per heavy atom. The highest BCUT2D eigenvalue weighted by atomic mass is 32.1. The van der Waals surface area contributed by atoms with E-state index >= 15 is 0 Å². The predicted molar refractivity (Wildman–Crippen MR) is 83.9 cm³/mol. The average Bonchev–Trinajstić information content (AvgIpc) is 3.10. The van der Waals surface area contributed by atoms with Gasteiger partial charge in [0, 0.05) is 18.7 Å². The van der Waals surface area contributed by atoms with Gasteiger partial charge in [0.2, 0.25) is 5.13 Å². The minimum absolute atomic E-state index is 0.589. The molecule has 4 nitrogen and oxygen atoms in total. The first-order valence-electron chi connectivity index (χ1n) is 7.13. The Labute approximate surface area is 123 Å². The van der Waals surface area contributed by atoms with Crippen molar-refractivity contribution in [1.29, 1.82) is 0 Å². The van der Waals surface area contributed by atoms with Crippen molar-refractivity contribution in [2.75, 3.05) is 12.1 Å². The molecule has 0 bridgehead atoms. The van der Waals surface area contributed by atoms with Crippen LogP contribution in [0.1, 0.15) is 31.2 Å². The summed E-state index contributed by atoms with van der Waals surface area (Å²) in [5.74, 6) is 0. The maximum atomic E-state index is 4.33. The van der Waals surface area contributed by atoms with Crippen LogP contribution in [0.4, 0.5) is 5.13 Å². The Balaban J connectivity index is 1.74. The van der Waals surface area contributed by atoms with Crippen LogP contribution in [0.3, 0.4) is 0 Å². The molecular weight excluding hydrogens is 268 g/mol. The van der Waals surface area contributed by atoms with Gasteiger partial charge in [0.05, 0.1) is 0 Å². The van der Waals surface area contributed by atoms with Crippen molar-refractivity contribution >= 4 is 16.5 Å². The van der Waals surface area contributed by atoms with Crippen LogP contribution in [0, 0.1) is 6.92 Å². The third-order valence-corrected chi connectivity index (χ3v) is 4.84. The molecule has 1 heterocycles. The third kappa shape index (κ3) is 2.83. The fraction of sp³-hybridized carbons (Fsp3) is 0.467. The molecule has 0 radical (unpaired) electrons. The van der Waals surface area contributed by atoms with Gasteiger partial charge in [0.25, 0.3) is 0 Å². The van der Waals surface area contributed by atoms with Crippen LogP contribution in [-0.4, -0.2) is 23.3 Å². The van der Waals surface area contributed by atoms with Crippen LogP contribution in [0.2, 0.25) is 0 Å². The molecule has 0 amide bonds. The maximum absolute atomic E-state index is 4.33. The molecule has 0 unspecified atom stereocenters. The second-order valence-electron chi connectivity index (χ2n) is 5.37. The van der Waals surface area contributed by atoms with Crippen LogP contribution >= 0.6 is 11.3 Å². The van der Waals surface area contributed by atoms with Gasteiger partial charge < -0.3 is 0 Å². The van der Waals surface area contributed by atoms with E-state index in [0.29, 0.717) is 6.04 Å². The Morgan fingerprint density at radius 2 is 1.95 bits per heavy atom. The molecule has 1 aromatic carbocycles. The summed E-state index contributed by atoms with van der Waals surface area (Å²) in [5, 5.41) is 12.6. The zero-order chi connectivity index (χ0) is 13.9. The van der Waals surface area contributed by atoms with Crippen molar-refractivity contribution in [2.24, 2.45) is 0 Å². The lowest BCUT2D eigenvalue weighted by Gasteiger charge is -2.21. The smallest absolute Gasteiger partial charge is 0.222 e.